The molecule has 27 heavy (non-hydrogen) atoms. The summed E-state index contributed by atoms with van der Waals surface area (Å²) in [6, 6.07) is 16.9. The van der Waals surface area contributed by atoms with Crippen molar-refractivity contribution in [1.29, 1.82) is 5.26 Å². The van der Waals surface area contributed by atoms with Crippen molar-refractivity contribution in [3.8, 4) is 22.3 Å². The monoisotopic (exact) mass is 394 g/mol. The summed E-state index contributed by atoms with van der Waals surface area (Å²) in [5.41, 5.74) is 3.11. The van der Waals surface area contributed by atoms with Gasteiger partial charge in [0.2, 0.25) is 0 Å². The highest BCUT2D eigenvalue weighted by molar-refractivity contribution is 7.17. The van der Waals surface area contributed by atoms with E-state index in [2.05, 4.69) is 6.07 Å². The Hall–Kier alpha value is -2.81. The molecule has 0 spiro atoms. The van der Waals surface area contributed by atoms with Crippen LogP contribution in [0.4, 0.5) is 5.69 Å². The van der Waals surface area contributed by atoms with Gasteiger partial charge >= 0.3 is 0 Å². The fourth-order valence-electron chi connectivity index (χ4n) is 3.17. The maximum atomic E-state index is 13.0. The van der Waals surface area contributed by atoms with E-state index in [4.69, 9.17) is 16.3 Å². The zero-order chi connectivity index (χ0) is 19.0. The highest BCUT2D eigenvalue weighted by Crippen LogP contribution is 2.42. The Morgan fingerprint density at radius 2 is 2.07 bits per heavy atom. The Morgan fingerprint density at radius 1 is 1.26 bits per heavy atom. The quantitative estimate of drug-likeness (QED) is 0.603. The summed E-state index contributed by atoms with van der Waals surface area (Å²) in [7, 11) is 1.72. The van der Waals surface area contributed by atoms with E-state index in [9.17, 15) is 10.1 Å². The molecule has 6 heteroatoms. The minimum atomic E-state index is -0.111. The standard InChI is InChI=1S/C21H15ClN2O2S/c1-24(17-8-3-2-7-16(17)22)21(25)18-11-13-9-10-26-19-14(12-23)5-4-6-15(19)20(13)27-18/h2-8,11H,9-10H2,1H3. The van der Waals surface area contributed by atoms with Gasteiger partial charge < -0.3 is 9.64 Å². The summed E-state index contributed by atoms with van der Waals surface area (Å²) in [5.74, 6) is 0.485. The summed E-state index contributed by atoms with van der Waals surface area (Å²) in [6.07, 6.45) is 0.689. The van der Waals surface area contributed by atoms with Crippen molar-refractivity contribution in [2.45, 2.75) is 6.42 Å². The number of nitriles is 1. The second-order valence-electron chi connectivity index (χ2n) is 6.17. The molecule has 0 atom stereocenters. The van der Waals surface area contributed by atoms with Crippen LogP contribution in [0.1, 0.15) is 20.8 Å². The highest BCUT2D eigenvalue weighted by Gasteiger charge is 2.25. The minimum Gasteiger partial charge on any atom is -0.491 e. The van der Waals surface area contributed by atoms with Crippen LogP contribution < -0.4 is 9.64 Å². The fourth-order valence-corrected chi connectivity index (χ4v) is 4.64. The maximum Gasteiger partial charge on any atom is 0.268 e. The smallest absolute Gasteiger partial charge is 0.268 e. The molecule has 3 aromatic rings. The number of thiophene rings is 1. The predicted octanol–water partition coefficient (Wildman–Crippen LogP) is 5.15. The zero-order valence-corrected chi connectivity index (χ0v) is 16.1. The molecule has 1 aliphatic heterocycles. The van der Waals surface area contributed by atoms with Crippen LogP contribution in [0.15, 0.2) is 48.5 Å². The SMILES string of the molecule is CN(C(=O)c1cc2c(s1)-c1cccc(C#N)c1OCC2)c1ccccc1Cl. The van der Waals surface area contributed by atoms with Crippen LogP contribution in [0, 0.1) is 11.3 Å². The second-order valence-corrected chi connectivity index (χ2v) is 7.63. The second kappa shape index (κ2) is 7.07. The molecule has 2 aromatic carbocycles. The lowest BCUT2D eigenvalue weighted by Crippen LogP contribution is -2.25. The lowest BCUT2D eigenvalue weighted by Gasteiger charge is -2.17. The first-order chi connectivity index (χ1) is 13.1. The van der Waals surface area contributed by atoms with Gasteiger partial charge in [-0.3, -0.25) is 4.79 Å². The van der Waals surface area contributed by atoms with Gasteiger partial charge in [-0.2, -0.15) is 5.26 Å². The number of anilines is 1. The third-order valence-electron chi connectivity index (χ3n) is 4.54. The van der Waals surface area contributed by atoms with Gasteiger partial charge in [0.15, 0.2) is 0 Å². The van der Waals surface area contributed by atoms with Crippen LogP contribution in [0.3, 0.4) is 0 Å². The third kappa shape index (κ3) is 3.08. The number of hydrogen-bond donors (Lipinski definition) is 0. The summed E-state index contributed by atoms with van der Waals surface area (Å²) < 4.78 is 5.82. The van der Waals surface area contributed by atoms with E-state index in [-0.39, 0.29) is 5.91 Å². The van der Waals surface area contributed by atoms with E-state index >= 15 is 0 Å². The molecule has 1 aliphatic rings. The predicted molar refractivity (Wildman–Crippen MR) is 108 cm³/mol. The van der Waals surface area contributed by atoms with Crippen molar-refractivity contribution in [1.82, 2.24) is 0 Å². The summed E-state index contributed by atoms with van der Waals surface area (Å²) >= 11 is 7.66. The number of nitrogens with zero attached hydrogens (tertiary/aromatic N) is 2. The molecule has 4 rings (SSSR count). The number of benzene rings is 2. The number of hydrogen-bond acceptors (Lipinski definition) is 4. The molecule has 134 valence electrons. The van der Waals surface area contributed by atoms with Gasteiger partial charge in [0.1, 0.15) is 11.8 Å². The average molecular weight is 395 g/mol. The Kier molecular flexibility index (Phi) is 4.61. The number of amides is 1. The van der Waals surface area contributed by atoms with Gasteiger partial charge in [0.05, 0.1) is 27.8 Å². The van der Waals surface area contributed by atoms with E-state index < -0.39 is 0 Å². The van der Waals surface area contributed by atoms with Crippen LogP contribution in [0.2, 0.25) is 5.02 Å². The first-order valence-electron chi connectivity index (χ1n) is 8.41. The molecule has 0 saturated carbocycles. The van der Waals surface area contributed by atoms with Crippen molar-refractivity contribution >= 4 is 34.5 Å². The first kappa shape index (κ1) is 17.6. The van der Waals surface area contributed by atoms with E-state index in [1.807, 2.05) is 36.4 Å². The molecule has 2 heterocycles. The van der Waals surface area contributed by atoms with Crippen molar-refractivity contribution in [3.63, 3.8) is 0 Å². The third-order valence-corrected chi connectivity index (χ3v) is 6.05. The molecule has 0 fully saturated rings. The summed E-state index contributed by atoms with van der Waals surface area (Å²) in [4.78, 5) is 16.2. The Labute approximate surface area is 166 Å². The van der Waals surface area contributed by atoms with E-state index in [1.165, 1.54) is 11.3 Å². The van der Waals surface area contributed by atoms with Gasteiger partial charge in [0, 0.05) is 23.9 Å². The van der Waals surface area contributed by atoms with Crippen molar-refractivity contribution in [3.05, 3.63) is 69.6 Å². The normalized spacial score (nSPS) is 12.2. The van der Waals surface area contributed by atoms with Crippen LogP contribution in [-0.2, 0) is 6.42 Å². The lowest BCUT2D eigenvalue weighted by atomic mass is 10.0. The van der Waals surface area contributed by atoms with Gasteiger partial charge in [-0.15, -0.1) is 11.3 Å². The van der Waals surface area contributed by atoms with Crippen LogP contribution >= 0.6 is 22.9 Å². The number of para-hydroxylation sites is 2. The number of fused-ring (bicyclic) bond motifs is 3. The molecule has 1 aromatic heterocycles. The Bertz CT molecular complexity index is 1080. The van der Waals surface area contributed by atoms with Crippen molar-refractivity contribution in [2.75, 3.05) is 18.6 Å². The molecule has 0 saturated heterocycles. The molecule has 0 bridgehead atoms. The molecule has 0 radical (unpaired) electrons. The van der Waals surface area contributed by atoms with Crippen LogP contribution in [-0.4, -0.2) is 19.6 Å². The summed E-state index contributed by atoms with van der Waals surface area (Å²) in [6.45, 7) is 0.476. The lowest BCUT2D eigenvalue weighted by molar-refractivity contribution is 0.0997. The number of halogens is 1. The maximum absolute atomic E-state index is 13.0. The minimum absolute atomic E-state index is 0.111. The van der Waals surface area contributed by atoms with Crippen molar-refractivity contribution < 1.29 is 9.53 Å². The molecule has 1 amide bonds. The average Bonchev–Trinajstić information content (AvgIpc) is 3.03. The number of ether oxygens (including phenoxy) is 1. The number of carbonyl (C=O) groups excluding carboxylic acids is 1. The van der Waals surface area contributed by atoms with Gasteiger partial charge in [0.25, 0.3) is 5.91 Å². The Morgan fingerprint density at radius 3 is 2.85 bits per heavy atom. The largest absolute Gasteiger partial charge is 0.491 e. The number of rotatable bonds is 2. The fraction of sp³-hybridized carbons (Fsp3) is 0.143. The Balaban J connectivity index is 1.76. The molecule has 0 N–H and O–H groups in total. The van der Waals surface area contributed by atoms with E-state index in [0.29, 0.717) is 39.9 Å². The van der Waals surface area contributed by atoms with Gasteiger partial charge in [-0.25, -0.2) is 0 Å². The molecular weight excluding hydrogens is 380 g/mol. The van der Waals surface area contributed by atoms with Crippen LogP contribution in [0.25, 0.3) is 10.4 Å². The highest BCUT2D eigenvalue weighted by atomic mass is 35.5. The zero-order valence-electron chi connectivity index (χ0n) is 14.5. The summed E-state index contributed by atoms with van der Waals surface area (Å²) in [5, 5.41) is 9.88. The first-order valence-corrected chi connectivity index (χ1v) is 9.61. The van der Waals surface area contributed by atoms with Gasteiger partial charge in [-0.1, -0.05) is 29.8 Å². The molecule has 4 nitrogen and oxygen atoms in total. The van der Waals surface area contributed by atoms with E-state index in [1.54, 1.807) is 24.1 Å². The van der Waals surface area contributed by atoms with Crippen LogP contribution in [0.5, 0.6) is 5.75 Å². The molecule has 0 aliphatic carbocycles. The molecular formula is C21H15ClN2O2S. The van der Waals surface area contributed by atoms with E-state index in [0.717, 1.165) is 16.0 Å². The molecule has 0 unspecified atom stereocenters. The topological polar surface area (TPSA) is 53.3 Å². The number of carbonyl (C=O) groups is 1. The van der Waals surface area contributed by atoms with Crippen molar-refractivity contribution in [2.24, 2.45) is 0 Å². The van der Waals surface area contributed by atoms with Gasteiger partial charge in [-0.05, 0) is 35.9 Å².